The van der Waals surface area contributed by atoms with E-state index in [9.17, 15) is 0 Å². The number of hydrogen-bond acceptors (Lipinski definition) is 1. The lowest BCUT2D eigenvalue weighted by atomic mass is 10.2. The molecule has 0 aliphatic rings. The summed E-state index contributed by atoms with van der Waals surface area (Å²) in [5, 5.41) is 0. The molecule has 0 amide bonds. The van der Waals surface area contributed by atoms with Crippen LogP contribution in [0.4, 0.5) is 0 Å². The van der Waals surface area contributed by atoms with Crippen LogP contribution in [-0.4, -0.2) is 0 Å². The van der Waals surface area contributed by atoms with Crippen LogP contribution in [0.1, 0.15) is 20.3 Å². The van der Waals surface area contributed by atoms with Gasteiger partial charge in [0.25, 0.3) is 0 Å². The van der Waals surface area contributed by atoms with E-state index >= 15 is 0 Å². The van der Waals surface area contributed by atoms with Crippen LogP contribution < -0.4 is 5.73 Å². The summed E-state index contributed by atoms with van der Waals surface area (Å²) >= 11 is 0. The molecule has 0 bridgehead atoms. The average Bonchev–Trinajstić information content (AvgIpc) is 2.15. The SMILES string of the molecule is C=C=C(N)/C(C)=C/C=C\C(=C)CC. The van der Waals surface area contributed by atoms with Gasteiger partial charge in [0.15, 0.2) is 0 Å². The molecular weight excluding hydrogens is 158 g/mol. The molecule has 0 spiro atoms. The third-order valence-corrected chi connectivity index (χ3v) is 1.75. The molecule has 13 heavy (non-hydrogen) atoms. The van der Waals surface area contributed by atoms with E-state index in [0.29, 0.717) is 5.70 Å². The predicted octanol–water partition coefficient (Wildman–Crippen LogP) is 3.08. The van der Waals surface area contributed by atoms with Crippen LogP contribution in [0.25, 0.3) is 0 Å². The van der Waals surface area contributed by atoms with Gasteiger partial charge in [0.1, 0.15) is 0 Å². The monoisotopic (exact) mass is 175 g/mol. The maximum absolute atomic E-state index is 5.58. The van der Waals surface area contributed by atoms with Crippen LogP contribution in [0.5, 0.6) is 0 Å². The van der Waals surface area contributed by atoms with Crippen LogP contribution >= 0.6 is 0 Å². The Morgan fingerprint density at radius 1 is 1.54 bits per heavy atom. The van der Waals surface area contributed by atoms with Crippen molar-refractivity contribution in [1.29, 1.82) is 0 Å². The summed E-state index contributed by atoms with van der Waals surface area (Å²) in [4.78, 5) is 0. The molecule has 0 atom stereocenters. The zero-order chi connectivity index (χ0) is 10.3. The molecule has 0 aromatic rings. The van der Waals surface area contributed by atoms with Gasteiger partial charge in [-0.3, -0.25) is 0 Å². The Morgan fingerprint density at radius 2 is 2.15 bits per heavy atom. The fraction of sp³-hybridized carbons (Fsp3) is 0.250. The first-order valence-electron chi connectivity index (χ1n) is 4.30. The third-order valence-electron chi connectivity index (χ3n) is 1.75. The maximum Gasteiger partial charge on any atom is 0.0771 e. The van der Waals surface area contributed by atoms with Gasteiger partial charge in [0.2, 0.25) is 0 Å². The Kier molecular flexibility index (Phi) is 5.42. The molecule has 0 saturated carbocycles. The van der Waals surface area contributed by atoms with Gasteiger partial charge < -0.3 is 5.73 Å². The molecule has 0 aromatic heterocycles. The lowest BCUT2D eigenvalue weighted by Gasteiger charge is -1.95. The van der Waals surface area contributed by atoms with Crippen molar-refractivity contribution < 1.29 is 0 Å². The molecular formula is C12H17N. The van der Waals surface area contributed by atoms with Gasteiger partial charge in [0.05, 0.1) is 5.70 Å². The summed E-state index contributed by atoms with van der Waals surface area (Å²) in [7, 11) is 0. The van der Waals surface area contributed by atoms with Gasteiger partial charge in [0, 0.05) is 0 Å². The highest BCUT2D eigenvalue weighted by molar-refractivity contribution is 5.30. The van der Waals surface area contributed by atoms with Gasteiger partial charge in [-0.1, -0.05) is 43.9 Å². The number of hydrogen-bond donors (Lipinski definition) is 1. The van der Waals surface area contributed by atoms with E-state index in [-0.39, 0.29) is 0 Å². The molecule has 0 aliphatic carbocycles. The Hall–Kier alpha value is -1.46. The second-order valence-corrected chi connectivity index (χ2v) is 2.81. The first-order chi connectivity index (χ1) is 6.11. The average molecular weight is 175 g/mol. The van der Waals surface area contributed by atoms with Crippen LogP contribution in [-0.2, 0) is 0 Å². The van der Waals surface area contributed by atoms with Crippen molar-refractivity contribution in [3.8, 4) is 0 Å². The molecule has 2 N–H and O–H groups in total. The first-order valence-corrected chi connectivity index (χ1v) is 4.30. The zero-order valence-electron chi connectivity index (χ0n) is 8.43. The summed E-state index contributed by atoms with van der Waals surface area (Å²) in [5.74, 6) is 0. The Labute approximate surface area is 80.6 Å². The molecule has 0 rings (SSSR count). The highest BCUT2D eigenvalue weighted by atomic mass is 14.6. The van der Waals surface area contributed by atoms with E-state index in [1.54, 1.807) is 0 Å². The molecule has 0 radical (unpaired) electrons. The summed E-state index contributed by atoms with van der Waals surface area (Å²) in [6.45, 7) is 11.3. The van der Waals surface area contributed by atoms with E-state index in [0.717, 1.165) is 17.6 Å². The number of allylic oxidation sites excluding steroid dienone is 5. The molecule has 0 heterocycles. The molecule has 70 valence electrons. The van der Waals surface area contributed by atoms with Crippen molar-refractivity contribution in [2.24, 2.45) is 5.73 Å². The highest BCUT2D eigenvalue weighted by Gasteiger charge is 1.88. The minimum atomic E-state index is 0.590. The summed E-state index contributed by atoms with van der Waals surface area (Å²) < 4.78 is 0. The quantitative estimate of drug-likeness (QED) is 0.515. The van der Waals surface area contributed by atoms with Gasteiger partial charge >= 0.3 is 0 Å². The Bertz CT molecular complexity index is 286. The van der Waals surface area contributed by atoms with Crippen LogP contribution in [0.3, 0.4) is 0 Å². The lowest BCUT2D eigenvalue weighted by molar-refractivity contribution is 1.16. The molecule has 0 unspecified atom stereocenters. The number of nitrogens with two attached hydrogens (primary N) is 1. The fourth-order valence-electron chi connectivity index (χ4n) is 0.676. The largest absolute Gasteiger partial charge is 0.392 e. The van der Waals surface area contributed by atoms with E-state index < -0.39 is 0 Å². The summed E-state index contributed by atoms with van der Waals surface area (Å²) in [6, 6.07) is 0. The van der Waals surface area contributed by atoms with E-state index in [4.69, 9.17) is 5.73 Å². The van der Waals surface area contributed by atoms with Crippen molar-refractivity contribution >= 4 is 0 Å². The van der Waals surface area contributed by atoms with E-state index in [2.05, 4.69) is 25.8 Å². The number of rotatable bonds is 4. The fourth-order valence-corrected chi connectivity index (χ4v) is 0.676. The highest BCUT2D eigenvalue weighted by Crippen LogP contribution is 2.03. The molecule has 0 aromatic carbocycles. The second kappa shape index (κ2) is 6.10. The third kappa shape index (κ3) is 4.89. The summed E-state index contributed by atoms with van der Waals surface area (Å²) in [6.07, 6.45) is 6.80. The van der Waals surface area contributed by atoms with E-state index in [1.807, 2.05) is 25.2 Å². The smallest absolute Gasteiger partial charge is 0.0771 e. The van der Waals surface area contributed by atoms with Gasteiger partial charge in [-0.25, -0.2) is 0 Å². The predicted molar refractivity (Wildman–Crippen MR) is 59.2 cm³/mol. The van der Waals surface area contributed by atoms with Crippen molar-refractivity contribution in [2.45, 2.75) is 20.3 Å². The molecule has 1 heteroatoms. The van der Waals surface area contributed by atoms with Crippen molar-refractivity contribution in [1.82, 2.24) is 0 Å². The minimum absolute atomic E-state index is 0.590. The van der Waals surface area contributed by atoms with Crippen molar-refractivity contribution in [2.75, 3.05) is 0 Å². The summed E-state index contributed by atoms with van der Waals surface area (Å²) in [5.41, 5.74) is 10.9. The molecule has 0 fully saturated rings. The Morgan fingerprint density at radius 3 is 2.62 bits per heavy atom. The molecule has 0 aliphatic heterocycles. The second-order valence-electron chi connectivity index (χ2n) is 2.81. The van der Waals surface area contributed by atoms with Crippen molar-refractivity contribution in [3.05, 3.63) is 54.0 Å². The van der Waals surface area contributed by atoms with Gasteiger partial charge in [-0.2, -0.15) is 0 Å². The first kappa shape index (κ1) is 11.5. The minimum Gasteiger partial charge on any atom is -0.392 e. The van der Waals surface area contributed by atoms with Crippen molar-refractivity contribution in [3.63, 3.8) is 0 Å². The lowest BCUT2D eigenvalue weighted by Crippen LogP contribution is -1.95. The van der Waals surface area contributed by atoms with Gasteiger partial charge in [-0.15, -0.1) is 5.73 Å². The maximum atomic E-state index is 5.58. The van der Waals surface area contributed by atoms with Crippen LogP contribution in [0, 0.1) is 0 Å². The molecule has 1 nitrogen and oxygen atoms in total. The topological polar surface area (TPSA) is 26.0 Å². The Balaban J connectivity index is 4.35. The standard InChI is InChI=1S/C12H17N/c1-5-10(3)8-7-9-11(4)12(13)6-2/h7-9H,2-3,5,13H2,1,4H3/b8-7-,11-9+. The zero-order valence-corrected chi connectivity index (χ0v) is 8.43. The van der Waals surface area contributed by atoms with Crippen LogP contribution in [0.2, 0.25) is 0 Å². The van der Waals surface area contributed by atoms with Crippen LogP contribution in [0.15, 0.2) is 54.0 Å². The molecule has 0 saturated heterocycles. The van der Waals surface area contributed by atoms with Gasteiger partial charge in [-0.05, 0) is 18.9 Å². The normalized spacial score (nSPS) is 11.4. The van der Waals surface area contributed by atoms with E-state index in [1.165, 1.54) is 0 Å².